The summed E-state index contributed by atoms with van der Waals surface area (Å²) in [7, 11) is 0. The predicted octanol–water partition coefficient (Wildman–Crippen LogP) is -1.80. The normalized spacial score (nSPS) is 28.1. The molecule has 4 atom stereocenters. The second-order valence-corrected chi connectivity index (χ2v) is 4.96. The number of nitrogen functional groups attached to an aromatic ring is 1. The fraction of sp³-hybridized carbons (Fsp3) is 0.462. The van der Waals surface area contributed by atoms with Crippen LogP contribution >= 0.6 is 0 Å². The van der Waals surface area contributed by atoms with Gasteiger partial charge in [0.25, 0.3) is 0 Å². The quantitative estimate of drug-likeness (QED) is 0.487. The lowest BCUT2D eigenvalue weighted by Gasteiger charge is -2.16. The summed E-state index contributed by atoms with van der Waals surface area (Å²) in [6.07, 6.45) is 2.56. The minimum absolute atomic E-state index is 0.167. The molecule has 3 heterocycles. The van der Waals surface area contributed by atoms with Crippen molar-refractivity contribution >= 4 is 17.0 Å². The highest BCUT2D eigenvalue weighted by atomic mass is 16.6. The summed E-state index contributed by atoms with van der Waals surface area (Å²) >= 11 is 0. The van der Waals surface area contributed by atoms with E-state index in [1.54, 1.807) is 0 Å². The molecular weight excluding hydrogens is 290 g/mol. The maximum Gasteiger partial charge on any atom is 0.168 e. The van der Waals surface area contributed by atoms with Crippen LogP contribution in [-0.2, 0) is 11.2 Å². The Hall–Kier alpha value is -2.25. The van der Waals surface area contributed by atoms with E-state index in [0.29, 0.717) is 17.0 Å². The average molecular weight is 305 g/mol. The molecule has 5 N–H and O–H groups in total. The third-order valence-corrected chi connectivity index (χ3v) is 3.55. The first-order chi connectivity index (χ1) is 10.6. The number of nitrogens with two attached hydrogens (primary N) is 1. The van der Waals surface area contributed by atoms with E-state index in [2.05, 4.69) is 20.9 Å². The van der Waals surface area contributed by atoms with Gasteiger partial charge < -0.3 is 25.8 Å². The van der Waals surface area contributed by atoms with Gasteiger partial charge in [0.05, 0.1) is 19.4 Å². The summed E-state index contributed by atoms with van der Waals surface area (Å²) in [5.41, 5.74) is 6.51. The Labute approximate surface area is 125 Å². The lowest BCUT2D eigenvalue weighted by Crippen LogP contribution is -2.33. The molecular formula is C13H15N5O4. The van der Waals surface area contributed by atoms with E-state index in [9.17, 15) is 10.2 Å². The fourth-order valence-electron chi connectivity index (χ4n) is 2.45. The summed E-state index contributed by atoms with van der Waals surface area (Å²) in [5, 5.41) is 29.1. The molecule has 0 amide bonds. The van der Waals surface area contributed by atoms with Gasteiger partial charge in [-0.1, -0.05) is 5.92 Å². The maximum atomic E-state index is 10.1. The van der Waals surface area contributed by atoms with Crippen molar-refractivity contribution in [3.05, 3.63) is 12.2 Å². The third kappa shape index (κ3) is 2.18. The summed E-state index contributed by atoms with van der Waals surface area (Å²) < 4.78 is 6.90. The fourth-order valence-corrected chi connectivity index (χ4v) is 2.45. The van der Waals surface area contributed by atoms with Crippen molar-refractivity contribution < 1.29 is 20.1 Å². The van der Waals surface area contributed by atoms with Gasteiger partial charge >= 0.3 is 0 Å². The first-order valence-corrected chi connectivity index (χ1v) is 6.61. The van der Waals surface area contributed by atoms with Crippen molar-refractivity contribution in [3.63, 3.8) is 0 Å². The van der Waals surface area contributed by atoms with Crippen LogP contribution in [0.1, 0.15) is 12.1 Å². The van der Waals surface area contributed by atoms with Crippen LogP contribution in [0, 0.1) is 12.3 Å². The monoisotopic (exact) mass is 305 g/mol. The number of imidazole rings is 1. The molecule has 1 aliphatic rings. The lowest BCUT2D eigenvalue weighted by atomic mass is 10.1. The molecule has 22 heavy (non-hydrogen) atoms. The molecule has 0 aliphatic carbocycles. The van der Waals surface area contributed by atoms with E-state index in [-0.39, 0.29) is 12.2 Å². The molecule has 2 aromatic rings. The number of aliphatic hydroxyl groups excluding tert-OH is 3. The highest BCUT2D eigenvalue weighted by Gasteiger charge is 2.44. The number of ether oxygens (including phenoxy) is 1. The summed E-state index contributed by atoms with van der Waals surface area (Å²) in [6.45, 7) is -0.416. The van der Waals surface area contributed by atoms with Crippen LogP contribution in [0.2, 0.25) is 0 Å². The SMILES string of the molecule is C#CCc1nc(N)c2ncn([C@@H]3O[C@H](CO)[C@@H](O)[C@H]3O)c2n1. The minimum atomic E-state index is -1.23. The van der Waals surface area contributed by atoms with Crippen LogP contribution in [0.3, 0.4) is 0 Å². The molecule has 1 saturated heterocycles. The van der Waals surface area contributed by atoms with Gasteiger partial charge in [0, 0.05) is 0 Å². The largest absolute Gasteiger partial charge is 0.394 e. The zero-order chi connectivity index (χ0) is 15.9. The van der Waals surface area contributed by atoms with Gasteiger partial charge in [0.1, 0.15) is 29.7 Å². The lowest BCUT2D eigenvalue weighted by molar-refractivity contribution is -0.0511. The molecule has 0 spiro atoms. The van der Waals surface area contributed by atoms with Crippen LogP contribution < -0.4 is 5.73 Å². The van der Waals surface area contributed by atoms with Crippen molar-refractivity contribution in [2.24, 2.45) is 0 Å². The van der Waals surface area contributed by atoms with Gasteiger partial charge in [-0.2, -0.15) is 0 Å². The molecule has 116 valence electrons. The van der Waals surface area contributed by atoms with Crippen molar-refractivity contribution in [1.29, 1.82) is 0 Å². The molecule has 0 bridgehead atoms. The van der Waals surface area contributed by atoms with Gasteiger partial charge in [0.15, 0.2) is 17.7 Å². The van der Waals surface area contributed by atoms with E-state index < -0.39 is 31.1 Å². The number of terminal acetylenes is 1. The average Bonchev–Trinajstić information content (AvgIpc) is 3.03. The second-order valence-electron chi connectivity index (χ2n) is 4.96. The summed E-state index contributed by atoms with van der Waals surface area (Å²) in [5.74, 6) is 2.94. The zero-order valence-electron chi connectivity index (χ0n) is 11.5. The van der Waals surface area contributed by atoms with Crippen LogP contribution in [0.25, 0.3) is 11.2 Å². The van der Waals surface area contributed by atoms with Gasteiger partial charge in [-0.05, 0) is 0 Å². The van der Waals surface area contributed by atoms with E-state index in [4.69, 9.17) is 22.0 Å². The van der Waals surface area contributed by atoms with Gasteiger partial charge in [0.2, 0.25) is 0 Å². The number of fused-ring (bicyclic) bond motifs is 1. The predicted molar refractivity (Wildman–Crippen MR) is 75.3 cm³/mol. The molecule has 1 fully saturated rings. The Balaban J connectivity index is 2.06. The molecule has 1 aliphatic heterocycles. The van der Waals surface area contributed by atoms with Crippen molar-refractivity contribution in [2.45, 2.75) is 31.0 Å². The Morgan fingerprint density at radius 2 is 2.14 bits per heavy atom. The Morgan fingerprint density at radius 1 is 1.36 bits per heavy atom. The van der Waals surface area contributed by atoms with Gasteiger partial charge in [-0.3, -0.25) is 4.57 Å². The first kappa shape index (κ1) is 14.7. The van der Waals surface area contributed by atoms with Crippen LogP contribution in [-0.4, -0.2) is 59.8 Å². The van der Waals surface area contributed by atoms with Crippen LogP contribution in [0.4, 0.5) is 5.82 Å². The van der Waals surface area contributed by atoms with Gasteiger partial charge in [-0.25, -0.2) is 15.0 Å². The second kappa shape index (κ2) is 5.51. The number of hydrogen-bond acceptors (Lipinski definition) is 8. The van der Waals surface area contributed by atoms with Crippen LogP contribution in [0.5, 0.6) is 0 Å². The van der Waals surface area contributed by atoms with Gasteiger partial charge in [-0.15, -0.1) is 6.42 Å². The first-order valence-electron chi connectivity index (χ1n) is 6.61. The van der Waals surface area contributed by atoms with Crippen molar-refractivity contribution in [2.75, 3.05) is 12.3 Å². The third-order valence-electron chi connectivity index (χ3n) is 3.55. The number of hydrogen-bond donors (Lipinski definition) is 4. The summed E-state index contributed by atoms with van der Waals surface area (Å²) in [4.78, 5) is 12.4. The number of nitrogens with zero attached hydrogens (tertiary/aromatic N) is 4. The van der Waals surface area contributed by atoms with Crippen molar-refractivity contribution in [3.8, 4) is 12.3 Å². The maximum absolute atomic E-state index is 10.1. The topological polar surface area (TPSA) is 140 Å². The number of aromatic nitrogens is 4. The molecule has 0 aromatic carbocycles. The highest BCUT2D eigenvalue weighted by molar-refractivity contribution is 5.81. The van der Waals surface area contributed by atoms with E-state index in [1.165, 1.54) is 10.9 Å². The Kier molecular flexibility index (Phi) is 3.67. The molecule has 0 unspecified atom stereocenters. The van der Waals surface area contributed by atoms with E-state index in [1.807, 2.05) is 0 Å². The number of rotatable bonds is 3. The molecule has 3 rings (SSSR count). The Bertz CT molecular complexity index is 740. The summed E-state index contributed by atoms with van der Waals surface area (Å²) in [6, 6.07) is 0. The molecule has 9 heteroatoms. The van der Waals surface area contributed by atoms with E-state index in [0.717, 1.165) is 0 Å². The van der Waals surface area contributed by atoms with Crippen LogP contribution in [0.15, 0.2) is 6.33 Å². The number of anilines is 1. The molecule has 9 nitrogen and oxygen atoms in total. The van der Waals surface area contributed by atoms with Crippen molar-refractivity contribution in [1.82, 2.24) is 19.5 Å². The molecule has 0 saturated carbocycles. The Morgan fingerprint density at radius 3 is 2.77 bits per heavy atom. The smallest absolute Gasteiger partial charge is 0.168 e. The standard InChI is InChI=1S/C13H15N5O4/c1-2-3-7-16-11(14)8-12(17-7)18(5-15-8)13-10(21)9(20)6(4-19)22-13/h1,5-6,9-10,13,19-21H,3-4H2,(H2,14,16,17)/t6-,9-,10-,13-/m1/s1. The van der Waals surface area contributed by atoms with E-state index >= 15 is 0 Å². The minimum Gasteiger partial charge on any atom is -0.394 e. The number of aliphatic hydroxyl groups is 3. The molecule has 2 aromatic heterocycles. The highest BCUT2D eigenvalue weighted by Crippen LogP contribution is 2.31. The molecule has 0 radical (unpaired) electrons. The zero-order valence-corrected chi connectivity index (χ0v) is 11.5.